The molecule has 0 spiro atoms. The van der Waals surface area contributed by atoms with Crippen LogP contribution in [0.4, 0.5) is 5.82 Å². The molecule has 1 saturated carbocycles. The Kier molecular flexibility index (Phi) is 1.58. The zero-order valence-corrected chi connectivity index (χ0v) is 9.66. The first-order valence-corrected chi connectivity index (χ1v) is 6.25. The molecule has 17 heavy (non-hydrogen) atoms. The van der Waals surface area contributed by atoms with E-state index in [2.05, 4.69) is 21.4 Å². The second-order valence-corrected chi connectivity index (χ2v) is 5.49. The molecule has 1 aromatic heterocycles. The molecule has 2 unspecified atom stereocenters. The summed E-state index contributed by atoms with van der Waals surface area (Å²) in [4.78, 5) is 9.74. The van der Waals surface area contributed by atoms with Crippen molar-refractivity contribution >= 4 is 17.6 Å². The SMILES string of the molecule is N#CC12C=CC3=C(Nc4nccnc4S3)C1C2. The van der Waals surface area contributed by atoms with Gasteiger partial charge in [0, 0.05) is 28.9 Å². The molecule has 4 nitrogen and oxygen atoms in total. The number of rotatable bonds is 0. The Morgan fingerprint density at radius 3 is 3.24 bits per heavy atom. The molecule has 2 atom stereocenters. The molecule has 0 radical (unpaired) electrons. The summed E-state index contributed by atoms with van der Waals surface area (Å²) >= 11 is 1.63. The summed E-state index contributed by atoms with van der Waals surface area (Å²) < 4.78 is 0. The van der Waals surface area contributed by atoms with Crippen molar-refractivity contribution in [3.8, 4) is 6.07 Å². The second kappa shape index (κ2) is 2.90. The average Bonchev–Trinajstić information content (AvgIpc) is 3.12. The Labute approximate surface area is 102 Å². The van der Waals surface area contributed by atoms with E-state index in [1.54, 1.807) is 24.2 Å². The number of hydrogen-bond acceptors (Lipinski definition) is 5. The van der Waals surface area contributed by atoms with Gasteiger partial charge in [-0.25, -0.2) is 9.97 Å². The minimum atomic E-state index is -0.258. The van der Waals surface area contributed by atoms with Crippen LogP contribution >= 0.6 is 11.8 Å². The van der Waals surface area contributed by atoms with Gasteiger partial charge in [0.15, 0.2) is 5.82 Å². The number of thioether (sulfide) groups is 1. The van der Waals surface area contributed by atoms with Crippen molar-refractivity contribution in [1.82, 2.24) is 9.97 Å². The Bertz CT molecular complexity index is 628. The van der Waals surface area contributed by atoms with Gasteiger partial charge in [0.25, 0.3) is 0 Å². The van der Waals surface area contributed by atoms with Crippen LogP contribution in [0.3, 0.4) is 0 Å². The number of allylic oxidation sites excluding steroid dienone is 3. The zero-order valence-electron chi connectivity index (χ0n) is 8.84. The molecule has 3 aliphatic rings. The van der Waals surface area contributed by atoms with E-state index in [4.69, 9.17) is 0 Å². The van der Waals surface area contributed by atoms with E-state index >= 15 is 0 Å². The molecule has 0 amide bonds. The van der Waals surface area contributed by atoms with Crippen LogP contribution in [0.2, 0.25) is 0 Å². The molecular formula is C12H8N4S. The largest absolute Gasteiger partial charge is 0.340 e. The fraction of sp³-hybridized carbons (Fsp3) is 0.250. The van der Waals surface area contributed by atoms with Crippen LogP contribution < -0.4 is 5.32 Å². The Morgan fingerprint density at radius 2 is 2.35 bits per heavy atom. The first-order valence-electron chi connectivity index (χ1n) is 5.43. The zero-order chi connectivity index (χ0) is 11.5. The number of nitrogens with zero attached hydrogens (tertiary/aromatic N) is 3. The topological polar surface area (TPSA) is 61.6 Å². The molecule has 1 N–H and O–H groups in total. The highest BCUT2D eigenvalue weighted by atomic mass is 32.2. The van der Waals surface area contributed by atoms with Crippen molar-refractivity contribution in [2.75, 3.05) is 5.32 Å². The molecule has 5 heteroatoms. The van der Waals surface area contributed by atoms with Gasteiger partial charge < -0.3 is 5.32 Å². The molecule has 0 aromatic carbocycles. The van der Waals surface area contributed by atoms with Gasteiger partial charge in [-0.3, -0.25) is 0 Å². The van der Waals surface area contributed by atoms with Gasteiger partial charge in [-0.15, -0.1) is 0 Å². The minimum absolute atomic E-state index is 0.258. The number of aromatic nitrogens is 2. The van der Waals surface area contributed by atoms with E-state index < -0.39 is 0 Å². The van der Waals surface area contributed by atoms with E-state index in [0.717, 1.165) is 23.0 Å². The predicted octanol–water partition coefficient (Wildman–Crippen LogP) is 2.31. The van der Waals surface area contributed by atoms with E-state index in [1.807, 2.05) is 12.2 Å². The first kappa shape index (κ1) is 9.25. The Morgan fingerprint density at radius 1 is 1.47 bits per heavy atom. The highest BCUT2D eigenvalue weighted by molar-refractivity contribution is 8.03. The lowest BCUT2D eigenvalue weighted by molar-refractivity contribution is 0.765. The van der Waals surface area contributed by atoms with Crippen LogP contribution in [-0.4, -0.2) is 9.97 Å². The molecule has 1 aromatic rings. The smallest absolute Gasteiger partial charge is 0.163 e. The van der Waals surface area contributed by atoms with Gasteiger partial charge in [-0.1, -0.05) is 17.8 Å². The van der Waals surface area contributed by atoms with Gasteiger partial charge in [0.2, 0.25) is 0 Å². The molecular weight excluding hydrogens is 232 g/mol. The molecule has 0 bridgehead atoms. The number of anilines is 1. The quantitative estimate of drug-likeness (QED) is 0.754. The summed E-state index contributed by atoms with van der Waals surface area (Å²) in [5, 5.41) is 13.4. The van der Waals surface area contributed by atoms with Crippen LogP contribution in [0.25, 0.3) is 0 Å². The first-order chi connectivity index (χ1) is 8.32. The summed E-state index contributed by atoms with van der Waals surface area (Å²) in [5.74, 6) is 1.13. The number of hydrogen-bond donors (Lipinski definition) is 1. The fourth-order valence-corrected chi connectivity index (χ4v) is 3.39. The third kappa shape index (κ3) is 1.13. The maximum Gasteiger partial charge on any atom is 0.163 e. The molecule has 4 rings (SSSR count). The van der Waals surface area contributed by atoms with Crippen molar-refractivity contribution in [2.45, 2.75) is 11.4 Å². The Hall–Kier alpha value is -1.80. The van der Waals surface area contributed by atoms with Gasteiger partial charge in [0.05, 0.1) is 11.5 Å². The van der Waals surface area contributed by atoms with E-state index in [0.29, 0.717) is 5.92 Å². The fourth-order valence-electron chi connectivity index (χ4n) is 2.42. The van der Waals surface area contributed by atoms with Crippen molar-refractivity contribution in [1.29, 1.82) is 5.26 Å². The number of nitriles is 1. The number of fused-ring (bicyclic) bond motifs is 3. The molecule has 1 fully saturated rings. The number of nitrogens with one attached hydrogen (secondary N) is 1. The van der Waals surface area contributed by atoms with Crippen LogP contribution in [0.1, 0.15) is 6.42 Å². The van der Waals surface area contributed by atoms with Crippen LogP contribution in [0.5, 0.6) is 0 Å². The maximum absolute atomic E-state index is 9.19. The van der Waals surface area contributed by atoms with Crippen LogP contribution in [0.15, 0.2) is 40.2 Å². The summed E-state index contributed by atoms with van der Waals surface area (Å²) in [6, 6.07) is 2.41. The lowest BCUT2D eigenvalue weighted by atomic mass is 9.99. The van der Waals surface area contributed by atoms with Crippen molar-refractivity contribution in [3.63, 3.8) is 0 Å². The third-order valence-corrected chi connectivity index (χ3v) is 4.55. The monoisotopic (exact) mass is 240 g/mol. The maximum atomic E-state index is 9.19. The van der Waals surface area contributed by atoms with E-state index in [9.17, 15) is 5.26 Å². The molecule has 2 aliphatic carbocycles. The summed E-state index contributed by atoms with van der Waals surface area (Å²) in [5.41, 5.74) is 0.888. The van der Waals surface area contributed by atoms with Gasteiger partial charge in [-0.2, -0.15) is 5.26 Å². The third-order valence-electron chi connectivity index (χ3n) is 3.48. The van der Waals surface area contributed by atoms with E-state index in [-0.39, 0.29) is 5.41 Å². The lowest BCUT2D eigenvalue weighted by Crippen LogP contribution is -2.16. The van der Waals surface area contributed by atoms with Gasteiger partial charge >= 0.3 is 0 Å². The van der Waals surface area contributed by atoms with Gasteiger partial charge in [0.1, 0.15) is 5.03 Å². The van der Waals surface area contributed by atoms with E-state index in [1.165, 1.54) is 4.91 Å². The lowest BCUT2D eigenvalue weighted by Gasteiger charge is -2.24. The summed E-state index contributed by atoms with van der Waals surface area (Å²) in [6.07, 6.45) is 8.37. The molecule has 1 aliphatic heterocycles. The molecule has 82 valence electrons. The predicted molar refractivity (Wildman–Crippen MR) is 63.8 cm³/mol. The van der Waals surface area contributed by atoms with Crippen molar-refractivity contribution < 1.29 is 0 Å². The normalized spacial score (nSPS) is 31.8. The molecule has 2 heterocycles. The Balaban J connectivity index is 1.78. The molecule has 0 saturated heterocycles. The summed E-state index contributed by atoms with van der Waals surface area (Å²) in [7, 11) is 0. The van der Waals surface area contributed by atoms with Crippen molar-refractivity contribution in [3.05, 3.63) is 35.1 Å². The van der Waals surface area contributed by atoms with Crippen LogP contribution in [-0.2, 0) is 0 Å². The minimum Gasteiger partial charge on any atom is -0.340 e. The van der Waals surface area contributed by atoms with Crippen molar-refractivity contribution in [2.24, 2.45) is 11.3 Å². The second-order valence-electron chi connectivity index (χ2n) is 4.46. The standard InChI is InChI=1S/C12H8N4S/c13-6-12-2-1-8-9(7(12)5-12)16-10-11(17-8)15-4-3-14-10/h1-4,7H,5H2,(H,14,16). The van der Waals surface area contributed by atoms with Gasteiger partial charge in [-0.05, 0) is 12.5 Å². The average molecular weight is 240 g/mol. The highest BCUT2D eigenvalue weighted by Gasteiger charge is 2.57. The summed E-state index contributed by atoms with van der Waals surface area (Å²) in [6.45, 7) is 0. The van der Waals surface area contributed by atoms with Crippen LogP contribution in [0, 0.1) is 22.7 Å². The highest BCUT2D eigenvalue weighted by Crippen LogP contribution is 2.62.